The lowest BCUT2D eigenvalue weighted by atomic mass is 9.84. The number of hydrogen-bond donors (Lipinski definition) is 3. The van der Waals surface area contributed by atoms with Gasteiger partial charge in [0, 0.05) is 50.5 Å². The number of urea groups is 1. The van der Waals surface area contributed by atoms with E-state index < -0.39 is 34.6 Å². The summed E-state index contributed by atoms with van der Waals surface area (Å²) in [7, 11) is 0. The van der Waals surface area contributed by atoms with Gasteiger partial charge in [-0.15, -0.1) is 0 Å². The Kier molecular flexibility index (Phi) is 13.1. The quantitative estimate of drug-likeness (QED) is 0.325. The largest absolute Gasteiger partial charge is 0.444 e. The summed E-state index contributed by atoms with van der Waals surface area (Å²) >= 11 is 0. The van der Waals surface area contributed by atoms with E-state index in [1.54, 1.807) is 56.7 Å². The third-order valence-corrected chi connectivity index (χ3v) is 10.6. The fraction of sp³-hybridized carbons (Fsp3) is 0.659. The van der Waals surface area contributed by atoms with Gasteiger partial charge in [-0.3, -0.25) is 19.6 Å². The van der Waals surface area contributed by atoms with E-state index in [4.69, 9.17) is 9.47 Å². The van der Waals surface area contributed by atoms with Crippen LogP contribution >= 0.6 is 0 Å². The average Bonchev–Trinajstić information content (AvgIpc) is 3.10. The molecule has 1 aliphatic heterocycles. The standard InChI is InChI=1S/C41H62N8O7/c1-10-48(30-17-13-29(14-18-30)42-37(53)55-39(2,3)4)31-15-11-28-26-32(16-12-27(28)25-31)49-20-19-33(44-36(49)52)43-35(51)47-23-21-46(22-24-47)34(50)41(8,9)45-38(54)56-40(5,6)7/h12,16,19-20,26,29-31H,10-11,13-15,17-18,21-25H2,1-9H3,(H,42,53)(H,45,54)(H,43,44,51,52)/t29-,30-,31?. The van der Waals surface area contributed by atoms with E-state index in [9.17, 15) is 24.0 Å². The Bertz CT molecular complexity index is 1800. The summed E-state index contributed by atoms with van der Waals surface area (Å²) < 4.78 is 12.3. The Morgan fingerprint density at radius 2 is 1.43 bits per heavy atom. The molecule has 308 valence electrons. The molecule has 1 saturated heterocycles. The van der Waals surface area contributed by atoms with Crippen molar-refractivity contribution in [3.8, 4) is 5.69 Å². The van der Waals surface area contributed by atoms with E-state index >= 15 is 0 Å². The number of anilines is 1. The van der Waals surface area contributed by atoms with Gasteiger partial charge in [0.2, 0.25) is 5.91 Å². The molecule has 56 heavy (non-hydrogen) atoms. The summed E-state index contributed by atoms with van der Waals surface area (Å²) in [5.74, 6) is -0.129. The number of aromatic nitrogens is 2. The van der Waals surface area contributed by atoms with Gasteiger partial charge in [0.15, 0.2) is 0 Å². The van der Waals surface area contributed by atoms with Gasteiger partial charge in [-0.05, 0) is 136 Å². The van der Waals surface area contributed by atoms with Crippen molar-refractivity contribution in [2.24, 2.45) is 0 Å². The summed E-state index contributed by atoms with van der Waals surface area (Å²) in [5, 5.41) is 8.43. The van der Waals surface area contributed by atoms with Crippen LogP contribution in [0.15, 0.2) is 35.3 Å². The minimum Gasteiger partial charge on any atom is -0.444 e. The van der Waals surface area contributed by atoms with Crippen molar-refractivity contribution >= 4 is 29.9 Å². The van der Waals surface area contributed by atoms with E-state index in [1.165, 1.54) is 15.7 Å². The van der Waals surface area contributed by atoms with Crippen LogP contribution < -0.4 is 21.6 Å². The molecule has 5 rings (SSSR count). The molecule has 2 aromatic rings. The molecule has 15 heteroatoms. The van der Waals surface area contributed by atoms with Crippen molar-refractivity contribution in [3.63, 3.8) is 0 Å². The van der Waals surface area contributed by atoms with Gasteiger partial charge in [-0.2, -0.15) is 4.98 Å². The molecule has 1 unspecified atom stereocenters. The monoisotopic (exact) mass is 778 g/mol. The molecular weight excluding hydrogens is 716 g/mol. The third-order valence-electron chi connectivity index (χ3n) is 10.6. The molecule has 5 amide bonds. The summed E-state index contributed by atoms with van der Waals surface area (Å²) in [6.07, 6.45) is 7.45. The van der Waals surface area contributed by atoms with Crippen LogP contribution in [0.2, 0.25) is 0 Å². The smallest absolute Gasteiger partial charge is 0.408 e. The SMILES string of the molecule is CCN(C1CCc2cc(-n3ccc(NC(=O)N4CCN(C(=O)C(C)(C)NC(=O)OC(C)(C)C)CC4)nc3=O)ccc2C1)[C@H]1CC[C@H](NC(=O)OC(C)(C)C)CC1. The lowest BCUT2D eigenvalue weighted by Gasteiger charge is -2.43. The Morgan fingerprint density at radius 3 is 2.04 bits per heavy atom. The first-order chi connectivity index (χ1) is 26.2. The molecule has 2 heterocycles. The second kappa shape index (κ2) is 17.2. The number of likely N-dealkylation sites (N-methyl/N-ethyl adjacent to an activating group) is 1. The number of carbonyl (C=O) groups is 4. The molecule has 0 bridgehead atoms. The van der Waals surface area contributed by atoms with E-state index in [1.807, 2.05) is 26.8 Å². The molecule has 1 atom stereocenters. The number of benzene rings is 1. The van der Waals surface area contributed by atoms with Crippen LogP contribution in [0.4, 0.5) is 20.2 Å². The van der Waals surface area contributed by atoms with Gasteiger partial charge in [0.05, 0.1) is 5.69 Å². The normalized spacial score (nSPS) is 20.5. The summed E-state index contributed by atoms with van der Waals surface area (Å²) in [6.45, 7) is 18.4. The minimum absolute atomic E-state index is 0.143. The van der Waals surface area contributed by atoms with E-state index in [-0.39, 0.29) is 50.0 Å². The Balaban J connectivity index is 1.11. The molecule has 2 fully saturated rings. The number of alkyl carbamates (subject to hydrolysis) is 2. The minimum atomic E-state index is -1.19. The topological polar surface area (TPSA) is 167 Å². The third kappa shape index (κ3) is 11.2. The fourth-order valence-corrected chi connectivity index (χ4v) is 7.97. The number of fused-ring (bicyclic) bond motifs is 1. The molecule has 1 aromatic carbocycles. The van der Waals surface area contributed by atoms with Crippen molar-refractivity contribution in [2.75, 3.05) is 38.0 Å². The van der Waals surface area contributed by atoms with Gasteiger partial charge in [-0.25, -0.2) is 19.2 Å². The van der Waals surface area contributed by atoms with Gasteiger partial charge in [-0.1, -0.05) is 13.0 Å². The molecule has 3 aliphatic rings. The van der Waals surface area contributed by atoms with E-state index in [0.717, 1.165) is 57.2 Å². The number of carbonyl (C=O) groups excluding carboxylic acids is 4. The predicted molar refractivity (Wildman–Crippen MR) is 214 cm³/mol. The van der Waals surface area contributed by atoms with Crippen molar-refractivity contribution in [2.45, 2.75) is 142 Å². The first-order valence-electron chi connectivity index (χ1n) is 20.0. The summed E-state index contributed by atoms with van der Waals surface area (Å²) in [4.78, 5) is 74.1. The van der Waals surface area contributed by atoms with Crippen molar-refractivity contribution in [1.29, 1.82) is 0 Å². The van der Waals surface area contributed by atoms with Gasteiger partial charge >= 0.3 is 23.9 Å². The number of ether oxygens (including phenoxy) is 2. The van der Waals surface area contributed by atoms with Crippen LogP contribution in [0.5, 0.6) is 0 Å². The maximum Gasteiger partial charge on any atom is 0.408 e. The highest BCUT2D eigenvalue weighted by atomic mass is 16.6. The Hall–Kier alpha value is -4.66. The maximum absolute atomic E-state index is 13.2. The molecule has 0 radical (unpaired) electrons. The van der Waals surface area contributed by atoms with Gasteiger partial charge < -0.3 is 29.9 Å². The lowest BCUT2D eigenvalue weighted by molar-refractivity contribution is -0.138. The second-order valence-corrected chi connectivity index (χ2v) is 17.8. The van der Waals surface area contributed by atoms with Gasteiger partial charge in [0.1, 0.15) is 22.6 Å². The zero-order valence-corrected chi connectivity index (χ0v) is 34.7. The maximum atomic E-state index is 13.2. The highest BCUT2D eigenvalue weighted by Crippen LogP contribution is 2.31. The summed E-state index contributed by atoms with van der Waals surface area (Å²) in [5.41, 5.74) is 0.350. The zero-order valence-electron chi connectivity index (χ0n) is 34.7. The predicted octanol–water partition coefficient (Wildman–Crippen LogP) is 5.23. The van der Waals surface area contributed by atoms with Gasteiger partial charge in [0.25, 0.3) is 0 Å². The van der Waals surface area contributed by atoms with Crippen molar-refractivity contribution in [3.05, 3.63) is 52.1 Å². The molecule has 1 aromatic heterocycles. The molecular formula is C41H62N8O7. The summed E-state index contributed by atoms with van der Waals surface area (Å²) in [6, 6.07) is 8.39. The van der Waals surface area contributed by atoms with Crippen LogP contribution in [0, 0.1) is 0 Å². The Morgan fingerprint density at radius 1 is 0.804 bits per heavy atom. The number of rotatable bonds is 8. The number of piperazine rings is 1. The molecule has 0 spiro atoms. The van der Waals surface area contributed by atoms with Crippen LogP contribution in [-0.2, 0) is 27.1 Å². The lowest BCUT2D eigenvalue weighted by Crippen LogP contribution is -2.60. The highest BCUT2D eigenvalue weighted by Gasteiger charge is 2.37. The molecule has 2 aliphatic carbocycles. The molecule has 15 nitrogen and oxygen atoms in total. The number of hydrogen-bond acceptors (Lipinski definition) is 9. The number of aryl methyl sites for hydroxylation is 1. The Labute approximate surface area is 330 Å². The number of nitrogens with zero attached hydrogens (tertiary/aromatic N) is 5. The van der Waals surface area contributed by atoms with E-state index in [2.05, 4.69) is 44.9 Å². The zero-order chi connectivity index (χ0) is 41.0. The van der Waals surface area contributed by atoms with Crippen molar-refractivity contribution < 1.29 is 28.7 Å². The second-order valence-electron chi connectivity index (χ2n) is 17.8. The van der Waals surface area contributed by atoms with Crippen LogP contribution in [0.3, 0.4) is 0 Å². The fourth-order valence-electron chi connectivity index (χ4n) is 7.97. The highest BCUT2D eigenvalue weighted by molar-refractivity contribution is 5.90. The van der Waals surface area contributed by atoms with E-state index in [0.29, 0.717) is 12.1 Å². The first kappa shape index (κ1) is 42.5. The first-order valence-corrected chi connectivity index (χ1v) is 20.0. The van der Waals surface area contributed by atoms with Crippen LogP contribution in [-0.4, -0.2) is 116 Å². The van der Waals surface area contributed by atoms with Crippen LogP contribution in [0.25, 0.3) is 5.69 Å². The van der Waals surface area contributed by atoms with Crippen molar-refractivity contribution in [1.82, 2.24) is 34.9 Å². The molecule has 3 N–H and O–H groups in total. The average molecular weight is 779 g/mol. The molecule has 1 saturated carbocycles. The number of amides is 5. The van der Waals surface area contributed by atoms with Crippen LogP contribution in [0.1, 0.15) is 106 Å². The number of nitrogens with one attached hydrogen (secondary N) is 3.